The summed E-state index contributed by atoms with van der Waals surface area (Å²) in [5.41, 5.74) is 2.39. The van der Waals surface area contributed by atoms with Crippen LogP contribution < -0.4 is 0 Å². The van der Waals surface area contributed by atoms with Crippen molar-refractivity contribution in [3.8, 4) is 0 Å². The highest BCUT2D eigenvalue weighted by molar-refractivity contribution is 5.83. The molecule has 0 radical (unpaired) electrons. The van der Waals surface area contributed by atoms with Gasteiger partial charge in [-0.05, 0) is 74.0 Å². The van der Waals surface area contributed by atoms with Gasteiger partial charge in [-0.3, -0.25) is 4.79 Å². The van der Waals surface area contributed by atoms with E-state index >= 15 is 0 Å². The van der Waals surface area contributed by atoms with Gasteiger partial charge in [0.1, 0.15) is 0 Å². The molecule has 2 aromatic rings. The van der Waals surface area contributed by atoms with Crippen LogP contribution >= 0.6 is 0 Å². The van der Waals surface area contributed by atoms with Crippen LogP contribution in [-0.2, 0) is 22.6 Å². The van der Waals surface area contributed by atoms with Gasteiger partial charge in [-0.1, -0.05) is 30.3 Å². The molecule has 1 aromatic carbocycles. The van der Waals surface area contributed by atoms with Gasteiger partial charge in [-0.25, -0.2) is 0 Å². The van der Waals surface area contributed by atoms with Gasteiger partial charge >= 0.3 is 0 Å². The standard InChI is InChI=1S/C26H34N2O2/c1-30-11-10-28(19-24-8-5-9-27(24)18-20-6-3-2-4-7-20)25(29)26-15-21-12-22(16-26)14-23(13-21)17-26/h2-9,21-23H,10-19H2,1H3. The highest BCUT2D eigenvalue weighted by Gasteiger charge is 2.55. The monoisotopic (exact) mass is 406 g/mol. The van der Waals surface area contributed by atoms with Crippen LogP contribution in [-0.4, -0.2) is 35.6 Å². The lowest BCUT2D eigenvalue weighted by atomic mass is 9.49. The van der Waals surface area contributed by atoms with Gasteiger partial charge in [-0.15, -0.1) is 0 Å². The zero-order chi connectivity index (χ0) is 20.6. The van der Waals surface area contributed by atoms with Gasteiger partial charge < -0.3 is 14.2 Å². The predicted molar refractivity (Wildman–Crippen MR) is 118 cm³/mol. The fourth-order valence-corrected chi connectivity index (χ4v) is 6.88. The van der Waals surface area contributed by atoms with Gasteiger partial charge in [0, 0.05) is 32.1 Å². The highest BCUT2D eigenvalue weighted by Crippen LogP contribution is 2.60. The molecule has 0 saturated heterocycles. The number of carbonyl (C=O) groups excluding carboxylic acids is 1. The van der Waals surface area contributed by atoms with Crippen LogP contribution in [0.15, 0.2) is 48.7 Å². The molecule has 1 heterocycles. The molecule has 0 N–H and O–H groups in total. The van der Waals surface area contributed by atoms with E-state index in [2.05, 4.69) is 58.1 Å². The zero-order valence-corrected chi connectivity index (χ0v) is 18.1. The third-order valence-corrected chi connectivity index (χ3v) is 7.82. The molecule has 4 fully saturated rings. The van der Waals surface area contributed by atoms with Gasteiger partial charge in [0.25, 0.3) is 0 Å². The van der Waals surface area contributed by atoms with E-state index in [4.69, 9.17) is 4.74 Å². The van der Waals surface area contributed by atoms with Crippen molar-refractivity contribution in [2.75, 3.05) is 20.3 Å². The maximum Gasteiger partial charge on any atom is 0.229 e. The third kappa shape index (κ3) is 3.82. The van der Waals surface area contributed by atoms with E-state index in [-0.39, 0.29) is 5.41 Å². The SMILES string of the molecule is COCCN(Cc1cccn1Cc1ccccc1)C(=O)C12CC3CC(CC(C3)C1)C2. The Bertz CT molecular complexity index is 837. The van der Waals surface area contributed by atoms with E-state index in [1.54, 1.807) is 7.11 Å². The van der Waals surface area contributed by atoms with Crippen LogP contribution in [0.3, 0.4) is 0 Å². The van der Waals surface area contributed by atoms with E-state index in [0.717, 1.165) is 43.6 Å². The molecule has 4 aliphatic rings. The summed E-state index contributed by atoms with van der Waals surface area (Å²) in [6.07, 6.45) is 9.58. The minimum atomic E-state index is -0.0979. The van der Waals surface area contributed by atoms with Crippen molar-refractivity contribution in [2.24, 2.45) is 23.2 Å². The zero-order valence-electron chi connectivity index (χ0n) is 18.1. The quantitative estimate of drug-likeness (QED) is 0.635. The molecule has 4 nitrogen and oxygen atoms in total. The number of hydrogen-bond acceptors (Lipinski definition) is 2. The van der Waals surface area contributed by atoms with Crippen molar-refractivity contribution in [1.29, 1.82) is 0 Å². The molecule has 4 saturated carbocycles. The number of ether oxygens (including phenoxy) is 1. The molecule has 0 atom stereocenters. The molecular formula is C26H34N2O2. The van der Waals surface area contributed by atoms with Crippen molar-refractivity contribution in [2.45, 2.75) is 51.6 Å². The summed E-state index contributed by atoms with van der Waals surface area (Å²) in [5.74, 6) is 2.75. The first-order valence-electron chi connectivity index (χ1n) is 11.6. The lowest BCUT2D eigenvalue weighted by molar-refractivity contribution is -0.159. The largest absolute Gasteiger partial charge is 0.383 e. The van der Waals surface area contributed by atoms with E-state index in [0.29, 0.717) is 25.6 Å². The summed E-state index contributed by atoms with van der Waals surface area (Å²) in [6, 6.07) is 14.8. The first-order chi connectivity index (χ1) is 14.6. The molecule has 30 heavy (non-hydrogen) atoms. The Labute approximate surface area is 180 Å². The maximum absolute atomic E-state index is 14.0. The number of rotatable bonds is 8. The minimum absolute atomic E-state index is 0.0979. The summed E-state index contributed by atoms with van der Waals surface area (Å²) in [6.45, 7) is 2.78. The number of nitrogens with zero attached hydrogens (tertiary/aromatic N) is 2. The van der Waals surface area contributed by atoms with Crippen LogP contribution in [0, 0.1) is 23.2 Å². The molecule has 0 spiro atoms. The second-order valence-corrected chi connectivity index (χ2v) is 10.0. The van der Waals surface area contributed by atoms with Crippen molar-refractivity contribution >= 4 is 5.91 Å². The maximum atomic E-state index is 14.0. The Morgan fingerprint density at radius 3 is 2.33 bits per heavy atom. The molecule has 160 valence electrons. The summed E-state index contributed by atoms with van der Waals surface area (Å²) in [5, 5.41) is 0. The van der Waals surface area contributed by atoms with E-state index in [1.165, 1.54) is 30.5 Å². The summed E-state index contributed by atoms with van der Waals surface area (Å²) < 4.78 is 7.67. The molecule has 1 aromatic heterocycles. The first kappa shape index (κ1) is 19.9. The van der Waals surface area contributed by atoms with Gasteiger partial charge in [0.2, 0.25) is 5.91 Å². The fraction of sp³-hybridized carbons (Fsp3) is 0.577. The minimum Gasteiger partial charge on any atom is -0.383 e. The molecule has 0 unspecified atom stereocenters. The van der Waals surface area contributed by atoms with E-state index in [9.17, 15) is 4.79 Å². The van der Waals surface area contributed by atoms with Crippen molar-refractivity contribution in [3.05, 3.63) is 59.9 Å². The Morgan fingerprint density at radius 1 is 1.03 bits per heavy atom. The Kier molecular flexibility index (Phi) is 5.44. The molecule has 4 bridgehead atoms. The summed E-state index contributed by atoms with van der Waals surface area (Å²) in [4.78, 5) is 16.1. The summed E-state index contributed by atoms with van der Waals surface area (Å²) >= 11 is 0. The number of aromatic nitrogens is 1. The normalized spacial score (nSPS) is 29.3. The molecule has 4 aliphatic carbocycles. The number of benzene rings is 1. The molecule has 0 aliphatic heterocycles. The fourth-order valence-electron chi connectivity index (χ4n) is 6.88. The molecule has 6 rings (SSSR count). The third-order valence-electron chi connectivity index (χ3n) is 7.82. The van der Waals surface area contributed by atoms with Crippen molar-refractivity contribution < 1.29 is 9.53 Å². The number of carbonyl (C=O) groups is 1. The highest BCUT2D eigenvalue weighted by atomic mass is 16.5. The van der Waals surface area contributed by atoms with Crippen LogP contribution in [0.4, 0.5) is 0 Å². The Balaban J connectivity index is 1.36. The molecule has 1 amide bonds. The first-order valence-corrected chi connectivity index (χ1v) is 11.6. The van der Waals surface area contributed by atoms with Gasteiger partial charge in [-0.2, -0.15) is 0 Å². The second-order valence-electron chi connectivity index (χ2n) is 10.0. The lowest BCUT2D eigenvalue weighted by Gasteiger charge is -2.56. The van der Waals surface area contributed by atoms with Crippen molar-refractivity contribution in [3.63, 3.8) is 0 Å². The van der Waals surface area contributed by atoms with E-state index < -0.39 is 0 Å². The second kappa shape index (κ2) is 8.22. The van der Waals surface area contributed by atoms with E-state index in [1.807, 2.05) is 0 Å². The summed E-state index contributed by atoms with van der Waals surface area (Å²) in [7, 11) is 1.73. The number of hydrogen-bond donors (Lipinski definition) is 0. The van der Waals surface area contributed by atoms with Crippen molar-refractivity contribution in [1.82, 2.24) is 9.47 Å². The Hall–Kier alpha value is -2.07. The topological polar surface area (TPSA) is 34.5 Å². The van der Waals surface area contributed by atoms with Crippen LogP contribution in [0.5, 0.6) is 0 Å². The molecular weight excluding hydrogens is 372 g/mol. The predicted octanol–water partition coefficient (Wildman–Crippen LogP) is 4.73. The lowest BCUT2D eigenvalue weighted by Crippen LogP contribution is -2.54. The van der Waals surface area contributed by atoms with Crippen LogP contribution in [0.1, 0.15) is 49.8 Å². The smallest absolute Gasteiger partial charge is 0.229 e. The van der Waals surface area contributed by atoms with Gasteiger partial charge in [0.15, 0.2) is 0 Å². The van der Waals surface area contributed by atoms with Crippen LogP contribution in [0.2, 0.25) is 0 Å². The van der Waals surface area contributed by atoms with Crippen LogP contribution in [0.25, 0.3) is 0 Å². The number of amides is 1. The Morgan fingerprint density at radius 2 is 1.70 bits per heavy atom. The average molecular weight is 407 g/mol. The average Bonchev–Trinajstić information content (AvgIpc) is 3.17. The van der Waals surface area contributed by atoms with Gasteiger partial charge in [0.05, 0.1) is 18.6 Å². The number of methoxy groups -OCH3 is 1. The molecule has 4 heteroatoms.